The maximum atomic E-state index is 13.0. The number of hydrogen-bond donors (Lipinski definition) is 2. The number of para-hydroxylation sites is 1. The van der Waals surface area contributed by atoms with Gasteiger partial charge < -0.3 is 20.3 Å². The summed E-state index contributed by atoms with van der Waals surface area (Å²) in [5, 5.41) is 10.1. The van der Waals surface area contributed by atoms with E-state index in [0.29, 0.717) is 36.6 Å². The van der Waals surface area contributed by atoms with Gasteiger partial charge >= 0.3 is 6.03 Å². The number of likely N-dealkylation sites (tertiary alicyclic amines) is 1. The zero-order chi connectivity index (χ0) is 21.6. The second kappa shape index (κ2) is 9.34. The van der Waals surface area contributed by atoms with Crippen molar-refractivity contribution in [2.45, 2.75) is 25.4 Å². The fraction of sp³-hybridized carbons (Fsp3) is 0.261. The van der Waals surface area contributed by atoms with Crippen molar-refractivity contribution in [1.29, 1.82) is 0 Å². The van der Waals surface area contributed by atoms with E-state index in [1.165, 1.54) is 0 Å². The minimum Gasteiger partial charge on any atom is -0.497 e. The number of methoxy groups -OCH3 is 1. The summed E-state index contributed by atoms with van der Waals surface area (Å²) in [5.41, 5.74) is 2.32. The Balaban J connectivity index is 1.42. The van der Waals surface area contributed by atoms with Crippen LogP contribution in [-0.4, -0.2) is 46.3 Å². The van der Waals surface area contributed by atoms with E-state index in [-0.39, 0.29) is 11.9 Å². The van der Waals surface area contributed by atoms with Crippen molar-refractivity contribution in [2.24, 2.45) is 0 Å². The molecule has 2 aromatic carbocycles. The molecule has 0 spiro atoms. The highest BCUT2D eigenvalue weighted by Gasteiger charge is 2.34. The number of aromatic nitrogens is 2. The molecule has 8 nitrogen and oxygen atoms in total. The molecule has 1 saturated heterocycles. The third-order valence-electron chi connectivity index (χ3n) is 5.32. The molecule has 4 rings (SSSR count). The van der Waals surface area contributed by atoms with Gasteiger partial charge in [0.05, 0.1) is 13.7 Å². The molecule has 0 unspecified atom stereocenters. The summed E-state index contributed by atoms with van der Waals surface area (Å²) >= 11 is 0. The number of benzene rings is 2. The number of nitrogens with zero attached hydrogens (tertiary/aromatic N) is 3. The van der Waals surface area contributed by atoms with Crippen LogP contribution in [0.3, 0.4) is 0 Å². The molecule has 2 heterocycles. The SMILES string of the molecule is COc1ccc(NC(=O)[C@H]2CCCN2C(=O)Nc2ccccc2Cn2cccn2)cc1. The van der Waals surface area contributed by atoms with Crippen molar-refractivity contribution >= 4 is 23.3 Å². The fourth-order valence-corrected chi connectivity index (χ4v) is 3.72. The van der Waals surface area contributed by atoms with Gasteiger partial charge in [-0.2, -0.15) is 5.10 Å². The van der Waals surface area contributed by atoms with E-state index in [9.17, 15) is 9.59 Å². The Morgan fingerprint density at radius 1 is 1.10 bits per heavy atom. The van der Waals surface area contributed by atoms with Crippen molar-refractivity contribution in [3.8, 4) is 5.75 Å². The van der Waals surface area contributed by atoms with Crippen LogP contribution in [0.1, 0.15) is 18.4 Å². The van der Waals surface area contributed by atoms with E-state index in [4.69, 9.17) is 4.74 Å². The minimum atomic E-state index is -0.514. The van der Waals surface area contributed by atoms with Crippen LogP contribution in [0.4, 0.5) is 16.2 Å². The Morgan fingerprint density at radius 2 is 1.90 bits per heavy atom. The first-order valence-electron chi connectivity index (χ1n) is 10.2. The fourth-order valence-electron chi connectivity index (χ4n) is 3.72. The third kappa shape index (κ3) is 4.85. The lowest BCUT2D eigenvalue weighted by Crippen LogP contribution is -2.45. The molecule has 0 bridgehead atoms. The van der Waals surface area contributed by atoms with Gasteiger partial charge in [-0.3, -0.25) is 9.48 Å². The molecule has 0 radical (unpaired) electrons. The normalized spacial score (nSPS) is 15.5. The van der Waals surface area contributed by atoms with Gasteiger partial charge in [-0.15, -0.1) is 0 Å². The Bertz CT molecular complexity index is 1030. The summed E-state index contributed by atoms with van der Waals surface area (Å²) in [7, 11) is 1.59. The van der Waals surface area contributed by atoms with Crippen molar-refractivity contribution in [3.05, 3.63) is 72.6 Å². The molecule has 1 aliphatic heterocycles. The summed E-state index contributed by atoms with van der Waals surface area (Å²) in [6.07, 6.45) is 5.00. The van der Waals surface area contributed by atoms with Crippen molar-refractivity contribution in [3.63, 3.8) is 0 Å². The Morgan fingerprint density at radius 3 is 2.65 bits per heavy atom. The van der Waals surface area contributed by atoms with Gasteiger partial charge in [-0.1, -0.05) is 18.2 Å². The van der Waals surface area contributed by atoms with Gasteiger partial charge in [-0.05, 0) is 54.8 Å². The predicted molar refractivity (Wildman–Crippen MR) is 118 cm³/mol. The molecule has 0 aliphatic carbocycles. The van der Waals surface area contributed by atoms with E-state index in [0.717, 1.165) is 12.0 Å². The lowest BCUT2D eigenvalue weighted by molar-refractivity contribution is -0.119. The predicted octanol–water partition coefficient (Wildman–Crippen LogP) is 3.58. The number of anilines is 2. The molecule has 2 N–H and O–H groups in total. The number of ether oxygens (including phenoxy) is 1. The number of carbonyl (C=O) groups is 2. The van der Waals surface area contributed by atoms with Crippen molar-refractivity contribution < 1.29 is 14.3 Å². The highest BCUT2D eigenvalue weighted by molar-refractivity contribution is 5.99. The second-order valence-electron chi connectivity index (χ2n) is 7.36. The minimum absolute atomic E-state index is 0.192. The molecule has 160 valence electrons. The van der Waals surface area contributed by atoms with Crippen LogP contribution >= 0.6 is 0 Å². The summed E-state index contributed by atoms with van der Waals surface area (Å²) in [6.45, 7) is 1.08. The van der Waals surface area contributed by atoms with Crippen molar-refractivity contribution in [1.82, 2.24) is 14.7 Å². The van der Waals surface area contributed by atoms with Crippen LogP contribution in [0.5, 0.6) is 5.75 Å². The van der Waals surface area contributed by atoms with Crippen LogP contribution in [0.25, 0.3) is 0 Å². The molecule has 31 heavy (non-hydrogen) atoms. The average Bonchev–Trinajstić information content (AvgIpc) is 3.48. The zero-order valence-electron chi connectivity index (χ0n) is 17.3. The summed E-state index contributed by atoms with van der Waals surface area (Å²) < 4.78 is 6.94. The Hall–Kier alpha value is -3.81. The van der Waals surface area contributed by atoms with Gasteiger partial charge in [0.1, 0.15) is 11.8 Å². The van der Waals surface area contributed by atoms with E-state index in [1.807, 2.05) is 36.5 Å². The molecule has 1 aromatic heterocycles. The number of rotatable bonds is 6. The Labute approximate surface area is 180 Å². The average molecular weight is 419 g/mol. The molecule has 3 amide bonds. The number of hydrogen-bond acceptors (Lipinski definition) is 4. The van der Waals surface area contributed by atoms with E-state index < -0.39 is 6.04 Å². The maximum absolute atomic E-state index is 13.0. The van der Waals surface area contributed by atoms with Gasteiger partial charge in [0.2, 0.25) is 5.91 Å². The van der Waals surface area contributed by atoms with Gasteiger partial charge in [0.25, 0.3) is 0 Å². The molecular formula is C23H25N5O3. The second-order valence-corrected chi connectivity index (χ2v) is 7.36. The maximum Gasteiger partial charge on any atom is 0.322 e. The van der Waals surface area contributed by atoms with E-state index in [1.54, 1.807) is 47.2 Å². The van der Waals surface area contributed by atoms with E-state index >= 15 is 0 Å². The topological polar surface area (TPSA) is 88.5 Å². The van der Waals surface area contributed by atoms with Crippen LogP contribution in [-0.2, 0) is 11.3 Å². The number of carbonyl (C=O) groups excluding carboxylic acids is 2. The van der Waals surface area contributed by atoms with E-state index in [2.05, 4.69) is 15.7 Å². The molecule has 1 aliphatic rings. The standard InChI is InChI=1S/C23H25N5O3/c1-31-19-11-9-18(10-12-19)25-22(29)21-8-4-15-28(21)23(30)26-20-7-3-2-6-17(20)16-27-14-5-13-24-27/h2-3,5-7,9-14,21H,4,8,15-16H2,1H3,(H,25,29)(H,26,30)/t21-/m1/s1. The lowest BCUT2D eigenvalue weighted by atomic mass is 10.1. The van der Waals surface area contributed by atoms with Crippen LogP contribution in [0.15, 0.2) is 67.0 Å². The lowest BCUT2D eigenvalue weighted by Gasteiger charge is -2.25. The molecule has 8 heteroatoms. The number of urea groups is 1. The molecular weight excluding hydrogens is 394 g/mol. The first-order valence-corrected chi connectivity index (χ1v) is 10.2. The van der Waals surface area contributed by atoms with Gasteiger partial charge in [-0.25, -0.2) is 4.79 Å². The third-order valence-corrected chi connectivity index (χ3v) is 5.32. The van der Waals surface area contributed by atoms with Gasteiger partial charge in [0, 0.05) is 30.3 Å². The first-order chi connectivity index (χ1) is 15.1. The monoisotopic (exact) mass is 419 g/mol. The van der Waals surface area contributed by atoms with Gasteiger partial charge in [0.15, 0.2) is 0 Å². The number of amides is 3. The zero-order valence-corrected chi connectivity index (χ0v) is 17.3. The highest BCUT2D eigenvalue weighted by Crippen LogP contribution is 2.23. The summed E-state index contributed by atoms with van der Waals surface area (Å²) in [4.78, 5) is 27.5. The van der Waals surface area contributed by atoms with Crippen LogP contribution in [0.2, 0.25) is 0 Å². The van der Waals surface area contributed by atoms with Crippen molar-refractivity contribution in [2.75, 3.05) is 24.3 Å². The van der Waals surface area contributed by atoms with Crippen LogP contribution < -0.4 is 15.4 Å². The summed E-state index contributed by atoms with van der Waals surface area (Å²) in [6, 6.07) is 15.8. The summed E-state index contributed by atoms with van der Waals surface area (Å²) in [5.74, 6) is 0.524. The molecule has 3 aromatic rings. The largest absolute Gasteiger partial charge is 0.497 e. The highest BCUT2D eigenvalue weighted by atomic mass is 16.5. The number of nitrogens with one attached hydrogen (secondary N) is 2. The van der Waals surface area contributed by atoms with Crippen LogP contribution in [0, 0.1) is 0 Å². The molecule has 0 saturated carbocycles. The molecule has 1 atom stereocenters. The smallest absolute Gasteiger partial charge is 0.322 e. The first kappa shape index (κ1) is 20.5. The molecule has 1 fully saturated rings. The Kier molecular flexibility index (Phi) is 6.16. The quantitative estimate of drug-likeness (QED) is 0.639.